The number of aliphatic carboxylic acids is 1. The number of carboxylic acid groups (broad SMARTS) is 1. The maximum Gasteiger partial charge on any atom is 0.326 e. The number of aliphatic hydroxyl groups excluding tert-OH is 2. The van der Waals surface area contributed by atoms with Crippen LogP contribution in [0.4, 0.5) is 0 Å². The van der Waals surface area contributed by atoms with E-state index in [1.54, 1.807) is 0 Å². The monoisotopic (exact) mass is 497 g/mol. The molecule has 0 bridgehead atoms. The van der Waals surface area contributed by atoms with Gasteiger partial charge in [-0.15, -0.1) is 0 Å². The molecule has 0 radical (unpaired) electrons. The van der Waals surface area contributed by atoms with Crippen molar-refractivity contribution in [1.82, 2.24) is 16.0 Å². The van der Waals surface area contributed by atoms with Gasteiger partial charge in [-0.25, -0.2) is 4.79 Å². The number of aromatic hydroxyl groups is 1. The van der Waals surface area contributed by atoms with E-state index in [1.165, 1.54) is 31.2 Å². The minimum atomic E-state index is -1.61. The highest BCUT2D eigenvalue weighted by atomic mass is 16.4. The molecule has 5 unspecified atom stereocenters. The third kappa shape index (κ3) is 9.95. The van der Waals surface area contributed by atoms with Gasteiger partial charge in [0.2, 0.25) is 23.6 Å². The predicted octanol–water partition coefficient (Wildman–Crippen LogP) is -3.56. The Balaban J connectivity index is 2.83. The largest absolute Gasteiger partial charge is 0.508 e. The normalized spacial score (nSPS) is 15.1. The summed E-state index contributed by atoms with van der Waals surface area (Å²) < 4.78 is 0. The van der Waals surface area contributed by atoms with Gasteiger partial charge in [0.15, 0.2) is 0 Å². The molecular formula is C21H31N5O9. The fourth-order valence-corrected chi connectivity index (χ4v) is 2.89. The highest BCUT2D eigenvalue weighted by Gasteiger charge is 2.32. The molecule has 0 aliphatic carbocycles. The van der Waals surface area contributed by atoms with E-state index in [4.69, 9.17) is 11.5 Å². The first-order chi connectivity index (χ1) is 16.3. The summed E-state index contributed by atoms with van der Waals surface area (Å²) in [5.74, 6) is -5.03. The molecule has 5 atom stereocenters. The Morgan fingerprint density at radius 1 is 0.943 bits per heavy atom. The first-order valence-corrected chi connectivity index (χ1v) is 10.6. The predicted molar refractivity (Wildman–Crippen MR) is 120 cm³/mol. The lowest BCUT2D eigenvalue weighted by molar-refractivity contribution is -0.142. The molecule has 14 nitrogen and oxygen atoms in total. The molecule has 11 N–H and O–H groups in total. The van der Waals surface area contributed by atoms with E-state index < -0.39 is 66.5 Å². The quantitative estimate of drug-likeness (QED) is 0.122. The van der Waals surface area contributed by atoms with E-state index in [2.05, 4.69) is 16.0 Å². The summed E-state index contributed by atoms with van der Waals surface area (Å²) in [5, 5.41) is 44.8. The van der Waals surface area contributed by atoms with Crippen molar-refractivity contribution in [2.45, 2.75) is 56.5 Å². The first kappa shape index (κ1) is 29.3. The summed E-state index contributed by atoms with van der Waals surface area (Å²) in [7, 11) is 0. The number of phenolic OH excluding ortho intramolecular Hbond substituents is 1. The van der Waals surface area contributed by atoms with E-state index in [1.807, 2.05) is 0 Å². The van der Waals surface area contributed by atoms with E-state index in [0.29, 0.717) is 5.56 Å². The molecule has 194 valence electrons. The smallest absolute Gasteiger partial charge is 0.326 e. The van der Waals surface area contributed by atoms with Gasteiger partial charge in [-0.3, -0.25) is 19.2 Å². The van der Waals surface area contributed by atoms with Crippen LogP contribution in [0.15, 0.2) is 24.3 Å². The number of carboxylic acids is 1. The van der Waals surface area contributed by atoms with Crippen LogP contribution in [0.5, 0.6) is 5.75 Å². The van der Waals surface area contributed by atoms with Crippen LogP contribution in [0.1, 0.15) is 25.3 Å². The van der Waals surface area contributed by atoms with Gasteiger partial charge in [-0.05, 0) is 31.0 Å². The number of aliphatic hydroxyl groups is 2. The number of hydrogen-bond donors (Lipinski definition) is 9. The SMILES string of the molecule is CC(O)C(NC(=O)C(N)CCC(N)=O)C(=O)NC(CO)C(=O)NC(Cc1ccc(O)cc1)C(=O)O. The molecule has 4 amide bonds. The third-order valence-electron chi connectivity index (χ3n) is 4.91. The van der Waals surface area contributed by atoms with Crippen molar-refractivity contribution >= 4 is 29.6 Å². The maximum absolute atomic E-state index is 12.6. The second kappa shape index (κ2) is 13.8. The minimum Gasteiger partial charge on any atom is -0.508 e. The van der Waals surface area contributed by atoms with Gasteiger partial charge in [0, 0.05) is 12.8 Å². The van der Waals surface area contributed by atoms with Gasteiger partial charge >= 0.3 is 5.97 Å². The molecule has 0 aromatic heterocycles. The lowest BCUT2D eigenvalue weighted by Crippen LogP contribution is -2.60. The fraction of sp³-hybridized carbons (Fsp3) is 0.476. The minimum absolute atomic E-state index is 0.0266. The zero-order valence-corrected chi connectivity index (χ0v) is 19.0. The Hall–Kier alpha value is -3.75. The number of amides is 4. The number of benzene rings is 1. The van der Waals surface area contributed by atoms with E-state index in [-0.39, 0.29) is 25.0 Å². The van der Waals surface area contributed by atoms with Gasteiger partial charge in [0.1, 0.15) is 23.9 Å². The van der Waals surface area contributed by atoms with E-state index >= 15 is 0 Å². The number of carbonyl (C=O) groups is 5. The van der Waals surface area contributed by atoms with Crippen molar-refractivity contribution in [2.75, 3.05) is 6.61 Å². The number of carbonyl (C=O) groups excluding carboxylic acids is 4. The molecule has 1 rings (SSSR count). The van der Waals surface area contributed by atoms with E-state index in [0.717, 1.165) is 0 Å². The number of hydrogen-bond acceptors (Lipinski definition) is 9. The van der Waals surface area contributed by atoms with Crippen LogP contribution in [0.25, 0.3) is 0 Å². The number of primary amides is 1. The van der Waals surface area contributed by atoms with Crippen LogP contribution in [-0.4, -0.2) is 86.9 Å². The Morgan fingerprint density at radius 3 is 2.00 bits per heavy atom. The number of nitrogens with one attached hydrogen (secondary N) is 3. The number of rotatable bonds is 14. The molecule has 14 heteroatoms. The van der Waals surface area contributed by atoms with Crippen molar-refractivity contribution < 1.29 is 44.4 Å². The summed E-state index contributed by atoms with van der Waals surface area (Å²) in [4.78, 5) is 59.7. The van der Waals surface area contributed by atoms with Crippen LogP contribution in [0.3, 0.4) is 0 Å². The Kier molecular flexibility index (Phi) is 11.6. The summed E-state index contributed by atoms with van der Waals surface area (Å²) in [6.45, 7) is 0.271. The molecule has 35 heavy (non-hydrogen) atoms. The van der Waals surface area contributed by atoms with Gasteiger partial charge in [-0.2, -0.15) is 0 Å². The Labute approximate surface area is 200 Å². The van der Waals surface area contributed by atoms with Gasteiger partial charge < -0.3 is 47.8 Å². The lowest BCUT2D eigenvalue weighted by Gasteiger charge is -2.25. The number of phenols is 1. The van der Waals surface area contributed by atoms with Crippen LogP contribution in [-0.2, 0) is 30.4 Å². The molecule has 0 aliphatic heterocycles. The van der Waals surface area contributed by atoms with Crippen LogP contribution in [0.2, 0.25) is 0 Å². The average molecular weight is 498 g/mol. The summed E-state index contributed by atoms with van der Waals surface area (Å²) in [6.07, 6.45) is -1.87. The van der Waals surface area contributed by atoms with Gasteiger partial charge in [0.25, 0.3) is 0 Å². The standard InChI is InChI=1S/C21H31N5O9/c1-10(28)17(26-18(31)13(22)6-7-16(23)30)20(33)25-15(9-27)19(32)24-14(21(34)35)8-11-2-4-12(29)5-3-11/h2-5,10,13-15,17,27-29H,6-9,22H2,1H3,(H2,23,30)(H,24,32)(H,25,33)(H,26,31)(H,34,35). The van der Waals surface area contributed by atoms with Gasteiger partial charge in [0.05, 0.1) is 18.8 Å². The molecule has 0 fully saturated rings. The molecule has 0 aliphatic rings. The molecule has 0 saturated heterocycles. The summed E-state index contributed by atoms with van der Waals surface area (Å²) in [5.41, 5.74) is 11.1. The highest BCUT2D eigenvalue weighted by molar-refractivity contribution is 5.94. The summed E-state index contributed by atoms with van der Waals surface area (Å²) in [6, 6.07) is -0.186. The summed E-state index contributed by atoms with van der Waals surface area (Å²) >= 11 is 0. The topological polar surface area (TPSA) is 254 Å². The second-order valence-electron chi connectivity index (χ2n) is 7.85. The van der Waals surface area contributed by atoms with Crippen LogP contribution < -0.4 is 27.4 Å². The van der Waals surface area contributed by atoms with Crippen molar-refractivity contribution in [3.63, 3.8) is 0 Å². The molecule has 0 heterocycles. The zero-order valence-electron chi connectivity index (χ0n) is 19.0. The van der Waals surface area contributed by atoms with E-state index in [9.17, 15) is 44.4 Å². The maximum atomic E-state index is 12.6. The van der Waals surface area contributed by atoms with Crippen molar-refractivity contribution in [3.8, 4) is 5.75 Å². The van der Waals surface area contributed by atoms with Crippen LogP contribution in [0, 0.1) is 0 Å². The van der Waals surface area contributed by atoms with Gasteiger partial charge in [-0.1, -0.05) is 12.1 Å². The molecule has 0 saturated carbocycles. The lowest BCUT2D eigenvalue weighted by atomic mass is 10.1. The van der Waals surface area contributed by atoms with Crippen molar-refractivity contribution in [3.05, 3.63) is 29.8 Å². The highest BCUT2D eigenvalue weighted by Crippen LogP contribution is 2.11. The molecular weight excluding hydrogens is 466 g/mol. The third-order valence-corrected chi connectivity index (χ3v) is 4.91. The Bertz CT molecular complexity index is 907. The molecule has 1 aromatic carbocycles. The number of nitrogens with two attached hydrogens (primary N) is 2. The molecule has 0 spiro atoms. The zero-order chi connectivity index (χ0) is 26.7. The Morgan fingerprint density at radius 2 is 1.51 bits per heavy atom. The fourth-order valence-electron chi connectivity index (χ4n) is 2.89. The second-order valence-corrected chi connectivity index (χ2v) is 7.85. The van der Waals surface area contributed by atoms with Crippen LogP contribution >= 0.6 is 0 Å². The molecule has 1 aromatic rings. The van der Waals surface area contributed by atoms with Crippen molar-refractivity contribution in [1.29, 1.82) is 0 Å². The van der Waals surface area contributed by atoms with Crippen molar-refractivity contribution in [2.24, 2.45) is 11.5 Å². The first-order valence-electron chi connectivity index (χ1n) is 10.6. The average Bonchev–Trinajstić information content (AvgIpc) is 2.79.